The molecule has 104 valence electrons. The first-order valence-electron chi connectivity index (χ1n) is 7.36. The van der Waals surface area contributed by atoms with Crippen LogP contribution < -0.4 is 16.2 Å². The summed E-state index contributed by atoms with van der Waals surface area (Å²) in [6, 6.07) is 2.57. The van der Waals surface area contributed by atoms with Crippen molar-refractivity contribution < 1.29 is 0 Å². The number of rotatable bonds is 4. The molecule has 0 unspecified atom stereocenters. The molecule has 2 aliphatic rings. The Kier molecular flexibility index (Phi) is 3.55. The second-order valence-electron chi connectivity index (χ2n) is 5.79. The highest BCUT2D eigenvalue weighted by Crippen LogP contribution is 2.39. The highest BCUT2D eigenvalue weighted by atomic mass is 15.3. The van der Waals surface area contributed by atoms with Crippen molar-refractivity contribution in [1.82, 2.24) is 9.97 Å². The normalized spacial score (nSPS) is 20.3. The molecule has 1 aromatic rings. The molecule has 0 saturated heterocycles. The van der Waals surface area contributed by atoms with Crippen LogP contribution in [0.25, 0.3) is 0 Å². The van der Waals surface area contributed by atoms with E-state index in [4.69, 9.17) is 10.8 Å². The summed E-state index contributed by atoms with van der Waals surface area (Å²) in [6.07, 6.45) is 8.99. The Bertz CT molecular complexity index is 437. The maximum atomic E-state index is 5.53. The zero-order valence-electron chi connectivity index (χ0n) is 11.6. The third kappa shape index (κ3) is 2.81. The van der Waals surface area contributed by atoms with Crippen LogP contribution in [0.2, 0.25) is 0 Å². The van der Waals surface area contributed by atoms with Crippen molar-refractivity contribution >= 4 is 11.6 Å². The molecule has 5 nitrogen and oxygen atoms in total. The van der Waals surface area contributed by atoms with Crippen LogP contribution in [0, 0.1) is 0 Å². The number of aromatic nitrogens is 2. The molecule has 0 amide bonds. The summed E-state index contributed by atoms with van der Waals surface area (Å²) in [6.45, 7) is 0. The molecule has 0 radical (unpaired) electrons. The standard InChI is InChI=1S/C14H23N5/c1-19(11-5-3-2-4-6-11)13-9-12(18-15)16-14(17-13)10-7-8-10/h9-11H,2-8,15H2,1H3,(H,16,17,18). The summed E-state index contributed by atoms with van der Waals surface area (Å²) in [4.78, 5) is 11.5. The zero-order chi connectivity index (χ0) is 13.2. The summed E-state index contributed by atoms with van der Waals surface area (Å²) < 4.78 is 0. The average Bonchev–Trinajstić information content (AvgIpc) is 3.31. The molecular formula is C14H23N5. The smallest absolute Gasteiger partial charge is 0.145 e. The lowest BCUT2D eigenvalue weighted by molar-refractivity contribution is 0.425. The second-order valence-corrected chi connectivity index (χ2v) is 5.79. The van der Waals surface area contributed by atoms with Gasteiger partial charge in [0, 0.05) is 25.1 Å². The van der Waals surface area contributed by atoms with Gasteiger partial charge in [-0.1, -0.05) is 19.3 Å². The Morgan fingerprint density at radius 3 is 2.53 bits per heavy atom. The molecule has 1 heterocycles. The van der Waals surface area contributed by atoms with Gasteiger partial charge < -0.3 is 10.3 Å². The molecular weight excluding hydrogens is 238 g/mol. The quantitative estimate of drug-likeness (QED) is 0.643. The van der Waals surface area contributed by atoms with Gasteiger partial charge in [-0.2, -0.15) is 0 Å². The van der Waals surface area contributed by atoms with Crippen LogP contribution in [0.15, 0.2) is 6.07 Å². The first-order valence-corrected chi connectivity index (χ1v) is 7.36. The van der Waals surface area contributed by atoms with Crippen molar-refractivity contribution in [3.05, 3.63) is 11.9 Å². The SMILES string of the molecule is CN(c1cc(NN)nc(C2CC2)n1)C1CCCCC1. The number of hydrazine groups is 1. The van der Waals surface area contributed by atoms with E-state index in [-0.39, 0.29) is 0 Å². The van der Waals surface area contributed by atoms with E-state index >= 15 is 0 Å². The fourth-order valence-corrected chi connectivity index (χ4v) is 2.89. The van der Waals surface area contributed by atoms with Gasteiger partial charge in [0.15, 0.2) is 0 Å². The van der Waals surface area contributed by atoms with Crippen molar-refractivity contribution in [2.24, 2.45) is 5.84 Å². The van der Waals surface area contributed by atoms with E-state index < -0.39 is 0 Å². The van der Waals surface area contributed by atoms with Gasteiger partial charge in [-0.3, -0.25) is 0 Å². The number of nitrogens with one attached hydrogen (secondary N) is 1. The van der Waals surface area contributed by atoms with Gasteiger partial charge in [0.05, 0.1) is 0 Å². The van der Waals surface area contributed by atoms with Gasteiger partial charge in [-0.15, -0.1) is 0 Å². The third-order valence-corrected chi connectivity index (χ3v) is 4.30. The van der Waals surface area contributed by atoms with Crippen LogP contribution in [0.5, 0.6) is 0 Å². The molecule has 3 rings (SSSR count). The summed E-state index contributed by atoms with van der Waals surface area (Å²) in [7, 11) is 2.15. The van der Waals surface area contributed by atoms with Crippen LogP contribution in [0.3, 0.4) is 0 Å². The first-order chi connectivity index (χ1) is 9.28. The Labute approximate surface area is 114 Å². The second kappa shape index (κ2) is 5.33. The summed E-state index contributed by atoms with van der Waals surface area (Å²) in [5, 5.41) is 0. The topological polar surface area (TPSA) is 67.1 Å². The van der Waals surface area contributed by atoms with Crippen LogP contribution in [-0.2, 0) is 0 Å². The van der Waals surface area contributed by atoms with Gasteiger partial charge >= 0.3 is 0 Å². The Balaban J connectivity index is 1.83. The molecule has 0 aromatic carbocycles. The molecule has 1 aromatic heterocycles. The molecule has 2 fully saturated rings. The summed E-state index contributed by atoms with van der Waals surface area (Å²) >= 11 is 0. The molecule has 3 N–H and O–H groups in total. The van der Waals surface area contributed by atoms with Gasteiger partial charge in [0.25, 0.3) is 0 Å². The van der Waals surface area contributed by atoms with Gasteiger partial charge in [-0.05, 0) is 25.7 Å². The molecule has 5 heteroatoms. The minimum absolute atomic E-state index is 0.548. The van der Waals surface area contributed by atoms with Gasteiger partial charge in [0.1, 0.15) is 17.5 Å². The number of nitrogens with two attached hydrogens (primary N) is 1. The third-order valence-electron chi connectivity index (χ3n) is 4.30. The maximum absolute atomic E-state index is 5.53. The van der Waals surface area contributed by atoms with Crippen LogP contribution in [0.4, 0.5) is 11.6 Å². The molecule has 2 aliphatic carbocycles. The molecule has 0 bridgehead atoms. The van der Waals surface area contributed by atoms with Crippen LogP contribution >= 0.6 is 0 Å². The van der Waals surface area contributed by atoms with E-state index in [0.29, 0.717) is 12.0 Å². The number of nitrogen functional groups attached to an aromatic ring is 1. The van der Waals surface area contributed by atoms with Crippen molar-refractivity contribution in [2.45, 2.75) is 56.9 Å². The average molecular weight is 261 g/mol. The number of anilines is 2. The zero-order valence-corrected chi connectivity index (χ0v) is 11.6. The molecule has 0 aliphatic heterocycles. The molecule has 0 atom stereocenters. The van der Waals surface area contributed by atoms with E-state index in [1.165, 1.54) is 44.9 Å². The fraction of sp³-hybridized carbons (Fsp3) is 0.714. The highest BCUT2D eigenvalue weighted by molar-refractivity contribution is 5.49. The molecule has 2 saturated carbocycles. The molecule has 0 spiro atoms. The van der Waals surface area contributed by atoms with E-state index in [1.54, 1.807) is 0 Å². The highest BCUT2D eigenvalue weighted by Gasteiger charge is 2.28. The largest absolute Gasteiger partial charge is 0.357 e. The van der Waals surface area contributed by atoms with Crippen molar-refractivity contribution in [3.63, 3.8) is 0 Å². The number of nitrogens with zero attached hydrogens (tertiary/aromatic N) is 3. The summed E-state index contributed by atoms with van der Waals surface area (Å²) in [5.41, 5.74) is 2.67. The predicted molar refractivity (Wildman–Crippen MR) is 77.1 cm³/mol. The monoisotopic (exact) mass is 261 g/mol. The number of hydrogen-bond donors (Lipinski definition) is 2. The van der Waals surface area contributed by atoms with E-state index in [2.05, 4.69) is 22.4 Å². The lowest BCUT2D eigenvalue weighted by Crippen LogP contribution is -2.34. The minimum Gasteiger partial charge on any atom is -0.357 e. The fourth-order valence-electron chi connectivity index (χ4n) is 2.89. The van der Waals surface area contributed by atoms with E-state index in [1.807, 2.05) is 6.07 Å². The minimum atomic E-state index is 0.548. The Hall–Kier alpha value is -1.36. The van der Waals surface area contributed by atoms with Gasteiger partial charge in [-0.25, -0.2) is 15.8 Å². The van der Waals surface area contributed by atoms with E-state index in [9.17, 15) is 0 Å². The van der Waals surface area contributed by atoms with Crippen molar-refractivity contribution in [2.75, 3.05) is 17.4 Å². The number of hydrogen-bond acceptors (Lipinski definition) is 5. The van der Waals surface area contributed by atoms with E-state index in [0.717, 1.165) is 17.5 Å². The van der Waals surface area contributed by atoms with Gasteiger partial charge in [0.2, 0.25) is 0 Å². The lowest BCUT2D eigenvalue weighted by atomic mass is 9.94. The van der Waals surface area contributed by atoms with Crippen LogP contribution in [-0.4, -0.2) is 23.1 Å². The Morgan fingerprint density at radius 1 is 1.16 bits per heavy atom. The van der Waals surface area contributed by atoms with Crippen LogP contribution in [0.1, 0.15) is 56.7 Å². The Morgan fingerprint density at radius 2 is 1.89 bits per heavy atom. The molecule has 19 heavy (non-hydrogen) atoms. The predicted octanol–water partition coefficient (Wildman–Crippen LogP) is 2.41. The maximum Gasteiger partial charge on any atom is 0.145 e. The lowest BCUT2D eigenvalue weighted by Gasteiger charge is -2.32. The first kappa shape index (κ1) is 12.7. The van der Waals surface area contributed by atoms with Crippen molar-refractivity contribution in [3.8, 4) is 0 Å². The van der Waals surface area contributed by atoms with Crippen molar-refractivity contribution in [1.29, 1.82) is 0 Å². The summed E-state index contributed by atoms with van der Waals surface area (Å²) in [5.74, 6) is 8.77.